The largest absolute Gasteiger partial charge is 0.481 e. The van der Waals surface area contributed by atoms with Crippen molar-refractivity contribution < 1.29 is 19.8 Å². The van der Waals surface area contributed by atoms with Gasteiger partial charge in [0.2, 0.25) is 0 Å². The van der Waals surface area contributed by atoms with Crippen LogP contribution in [0.4, 0.5) is 0 Å². The highest BCUT2D eigenvalue weighted by molar-refractivity contribution is 5.87. The molecule has 0 spiro atoms. The standard InChI is InChI=1S/C7H6O2.C6H12O2/c8-7(9)6-4-2-1-3-5-6;1-5(2)3-4-6(7)8/h1-5H,(H,8,9);5H,3-4H2,1-2H3,(H,7,8). The molecule has 4 nitrogen and oxygen atoms in total. The lowest BCUT2D eigenvalue weighted by Gasteiger charge is -1.97. The van der Waals surface area contributed by atoms with E-state index in [9.17, 15) is 9.59 Å². The molecule has 2 N–H and O–H groups in total. The molecule has 0 aliphatic rings. The first kappa shape index (κ1) is 15.2. The number of carboxylic acids is 2. The Morgan fingerprint density at radius 3 is 1.88 bits per heavy atom. The highest BCUT2D eigenvalue weighted by Crippen LogP contribution is 2.01. The number of hydrogen-bond donors (Lipinski definition) is 2. The van der Waals surface area contributed by atoms with Gasteiger partial charge in [-0.3, -0.25) is 4.79 Å². The number of carbonyl (C=O) groups is 2. The highest BCUT2D eigenvalue weighted by Gasteiger charge is 1.98. The second kappa shape index (κ2) is 8.33. The second-order valence-electron chi connectivity index (χ2n) is 4.00. The molecule has 0 radical (unpaired) electrons. The normalized spacial score (nSPS) is 9.35. The van der Waals surface area contributed by atoms with E-state index in [4.69, 9.17) is 10.2 Å². The molecular weight excluding hydrogens is 220 g/mol. The van der Waals surface area contributed by atoms with E-state index in [1.165, 1.54) is 0 Å². The Balaban J connectivity index is 0.000000304. The zero-order chi connectivity index (χ0) is 13.3. The Labute approximate surface area is 101 Å². The number of benzene rings is 1. The van der Waals surface area contributed by atoms with Crippen molar-refractivity contribution in [1.29, 1.82) is 0 Å². The van der Waals surface area contributed by atoms with Gasteiger partial charge in [-0.05, 0) is 24.5 Å². The van der Waals surface area contributed by atoms with Crippen LogP contribution in [-0.4, -0.2) is 22.2 Å². The van der Waals surface area contributed by atoms with Crippen molar-refractivity contribution in [2.24, 2.45) is 5.92 Å². The maximum absolute atomic E-state index is 10.2. The maximum Gasteiger partial charge on any atom is 0.335 e. The fourth-order valence-corrected chi connectivity index (χ4v) is 0.993. The van der Waals surface area contributed by atoms with E-state index in [0.717, 1.165) is 6.42 Å². The van der Waals surface area contributed by atoms with Crippen molar-refractivity contribution in [3.63, 3.8) is 0 Å². The molecule has 0 unspecified atom stereocenters. The van der Waals surface area contributed by atoms with Gasteiger partial charge in [0, 0.05) is 6.42 Å². The summed E-state index contributed by atoms with van der Waals surface area (Å²) in [5.74, 6) is -1.07. The third-order valence-electron chi connectivity index (χ3n) is 1.96. The first-order valence-corrected chi connectivity index (χ1v) is 5.43. The molecule has 0 heterocycles. The molecule has 0 saturated heterocycles. The van der Waals surface area contributed by atoms with Crippen molar-refractivity contribution in [1.82, 2.24) is 0 Å². The predicted molar refractivity (Wildman–Crippen MR) is 65.1 cm³/mol. The lowest BCUT2D eigenvalue weighted by atomic mass is 10.1. The van der Waals surface area contributed by atoms with Crippen LogP contribution in [0.2, 0.25) is 0 Å². The summed E-state index contributed by atoms with van der Waals surface area (Å²) in [5.41, 5.74) is 0.331. The lowest BCUT2D eigenvalue weighted by Crippen LogP contribution is -1.97. The van der Waals surface area contributed by atoms with E-state index < -0.39 is 11.9 Å². The molecule has 94 valence electrons. The topological polar surface area (TPSA) is 74.6 Å². The lowest BCUT2D eigenvalue weighted by molar-refractivity contribution is -0.137. The zero-order valence-corrected chi connectivity index (χ0v) is 10.1. The predicted octanol–water partition coefficient (Wildman–Crippen LogP) is 2.89. The molecule has 0 saturated carbocycles. The van der Waals surface area contributed by atoms with Gasteiger partial charge in [0.1, 0.15) is 0 Å². The van der Waals surface area contributed by atoms with Gasteiger partial charge >= 0.3 is 11.9 Å². The molecule has 1 aromatic rings. The molecule has 1 rings (SSSR count). The molecule has 0 aromatic heterocycles. The van der Waals surface area contributed by atoms with Crippen LogP contribution in [-0.2, 0) is 4.79 Å². The SMILES string of the molecule is CC(C)CCC(=O)O.O=C(O)c1ccccc1. The highest BCUT2D eigenvalue weighted by atomic mass is 16.4. The minimum Gasteiger partial charge on any atom is -0.481 e. The molecule has 0 atom stereocenters. The van der Waals surface area contributed by atoms with E-state index in [-0.39, 0.29) is 0 Å². The van der Waals surface area contributed by atoms with Crippen molar-refractivity contribution in [3.05, 3.63) is 35.9 Å². The van der Waals surface area contributed by atoms with Crippen molar-refractivity contribution in [2.45, 2.75) is 26.7 Å². The van der Waals surface area contributed by atoms with Gasteiger partial charge in [-0.25, -0.2) is 4.79 Å². The minimum absolute atomic E-state index is 0.303. The molecular formula is C13H18O4. The number of aliphatic carboxylic acids is 1. The van der Waals surface area contributed by atoms with Crippen LogP contribution < -0.4 is 0 Å². The van der Waals surface area contributed by atoms with Crippen molar-refractivity contribution in [3.8, 4) is 0 Å². The smallest absolute Gasteiger partial charge is 0.335 e. The van der Waals surface area contributed by atoms with Crippen LogP contribution in [0.25, 0.3) is 0 Å². The molecule has 4 heteroatoms. The summed E-state index contributed by atoms with van der Waals surface area (Å²) >= 11 is 0. The quantitative estimate of drug-likeness (QED) is 0.845. The van der Waals surface area contributed by atoms with Gasteiger partial charge in [-0.1, -0.05) is 32.0 Å². The molecule has 0 aliphatic carbocycles. The van der Waals surface area contributed by atoms with Gasteiger partial charge in [-0.2, -0.15) is 0 Å². The summed E-state index contributed by atoms with van der Waals surface area (Å²) in [5, 5.41) is 16.5. The van der Waals surface area contributed by atoms with Crippen LogP contribution in [0.1, 0.15) is 37.0 Å². The van der Waals surface area contributed by atoms with Gasteiger partial charge in [-0.15, -0.1) is 0 Å². The second-order valence-corrected chi connectivity index (χ2v) is 4.00. The third-order valence-corrected chi connectivity index (χ3v) is 1.96. The Bertz CT molecular complexity index is 344. The summed E-state index contributed by atoms with van der Waals surface area (Å²) in [7, 11) is 0. The van der Waals surface area contributed by atoms with Crippen molar-refractivity contribution in [2.75, 3.05) is 0 Å². The average Bonchev–Trinajstić information content (AvgIpc) is 2.28. The fraction of sp³-hybridized carbons (Fsp3) is 0.385. The number of carboxylic acid groups (broad SMARTS) is 2. The fourth-order valence-electron chi connectivity index (χ4n) is 0.993. The van der Waals surface area contributed by atoms with Crippen molar-refractivity contribution >= 4 is 11.9 Å². The molecule has 0 bridgehead atoms. The summed E-state index contributed by atoms with van der Waals surface area (Å²) in [6, 6.07) is 8.30. The van der Waals surface area contributed by atoms with E-state index in [1.54, 1.807) is 30.3 Å². The molecule has 17 heavy (non-hydrogen) atoms. The summed E-state index contributed by atoms with van der Waals surface area (Å²) in [4.78, 5) is 20.1. The average molecular weight is 238 g/mol. The van der Waals surface area contributed by atoms with Gasteiger partial charge in [0.05, 0.1) is 5.56 Å². The third kappa shape index (κ3) is 9.11. The first-order chi connectivity index (χ1) is 7.93. The molecule has 0 aliphatic heterocycles. The molecule has 0 amide bonds. The molecule has 1 aromatic carbocycles. The van der Waals surface area contributed by atoms with E-state index in [2.05, 4.69) is 0 Å². The van der Waals surface area contributed by atoms with E-state index in [1.807, 2.05) is 13.8 Å². The van der Waals surface area contributed by atoms with Gasteiger partial charge < -0.3 is 10.2 Å². The van der Waals surface area contributed by atoms with Crippen LogP contribution in [0.15, 0.2) is 30.3 Å². The van der Waals surface area contributed by atoms with E-state index in [0.29, 0.717) is 17.9 Å². The summed E-state index contributed by atoms with van der Waals surface area (Å²) in [6.07, 6.45) is 1.09. The Morgan fingerprint density at radius 1 is 1.12 bits per heavy atom. The molecule has 0 fully saturated rings. The Kier molecular flexibility index (Phi) is 7.43. The monoisotopic (exact) mass is 238 g/mol. The first-order valence-electron chi connectivity index (χ1n) is 5.43. The number of hydrogen-bond acceptors (Lipinski definition) is 2. The number of rotatable bonds is 4. The van der Waals surface area contributed by atoms with Crippen LogP contribution in [0.3, 0.4) is 0 Å². The Hall–Kier alpha value is -1.84. The summed E-state index contributed by atoms with van der Waals surface area (Å²) < 4.78 is 0. The minimum atomic E-state index is -0.879. The van der Waals surface area contributed by atoms with Crippen LogP contribution >= 0.6 is 0 Å². The summed E-state index contributed by atoms with van der Waals surface area (Å²) in [6.45, 7) is 4.03. The van der Waals surface area contributed by atoms with E-state index >= 15 is 0 Å². The maximum atomic E-state index is 10.2. The van der Waals surface area contributed by atoms with Crippen LogP contribution in [0.5, 0.6) is 0 Å². The number of aromatic carboxylic acids is 1. The van der Waals surface area contributed by atoms with Crippen LogP contribution in [0, 0.1) is 5.92 Å². The van der Waals surface area contributed by atoms with Gasteiger partial charge in [0.15, 0.2) is 0 Å². The van der Waals surface area contributed by atoms with Gasteiger partial charge in [0.25, 0.3) is 0 Å². The Morgan fingerprint density at radius 2 is 1.65 bits per heavy atom. The zero-order valence-electron chi connectivity index (χ0n) is 10.1.